The predicted octanol–water partition coefficient (Wildman–Crippen LogP) is 4.30. The van der Waals surface area contributed by atoms with E-state index < -0.39 is 0 Å². The fourth-order valence-corrected chi connectivity index (χ4v) is 5.59. The summed E-state index contributed by atoms with van der Waals surface area (Å²) in [5, 5.41) is 10.7. The molecule has 0 atom stereocenters. The molecule has 0 saturated heterocycles. The highest BCUT2D eigenvalue weighted by Gasteiger charge is 2.20. The fourth-order valence-electron chi connectivity index (χ4n) is 4.23. The third-order valence-electron chi connectivity index (χ3n) is 6.15. The highest BCUT2D eigenvalue weighted by atomic mass is 32.2. The Morgan fingerprint density at radius 3 is 2.68 bits per heavy atom. The topological polar surface area (TPSA) is 118 Å². The Hall–Kier alpha value is -3.18. The maximum Gasteiger partial charge on any atom is 0.257 e. The number of amides is 2. The van der Waals surface area contributed by atoms with Gasteiger partial charge in [0.05, 0.1) is 5.69 Å². The van der Waals surface area contributed by atoms with Crippen molar-refractivity contribution in [3.8, 4) is 0 Å². The van der Waals surface area contributed by atoms with Crippen LogP contribution in [0, 0.1) is 0 Å². The number of aromatic nitrogens is 1. The van der Waals surface area contributed by atoms with Gasteiger partial charge in [0.1, 0.15) is 0 Å². The number of nitrogens with zero attached hydrogens (tertiary/aromatic N) is 3. The van der Waals surface area contributed by atoms with Gasteiger partial charge in [0.15, 0.2) is 5.13 Å². The van der Waals surface area contributed by atoms with Crippen LogP contribution in [0.5, 0.6) is 0 Å². The average Bonchev–Trinajstić information content (AvgIpc) is 3.29. The first kappa shape index (κ1) is 26.9. The summed E-state index contributed by atoms with van der Waals surface area (Å²) in [6.45, 7) is 4.87. The molecular weight excluding hydrogens is 504 g/mol. The third kappa shape index (κ3) is 6.78. The van der Waals surface area contributed by atoms with E-state index in [-0.39, 0.29) is 11.8 Å². The molecule has 1 aliphatic rings. The van der Waals surface area contributed by atoms with Crippen molar-refractivity contribution in [1.82, 2.24) is 14.8 Å². The maximum absolute atomic E-state index is 13.3. The van der Waals surface area contributed by atoms with Gasteiger partial charge in [0, 0.05) is 59.7 Å². The van der Waals surface area contributed by atoms with E-state index in [4.69, 9.17) is 10.9 Å². The van der Waals surface area contributed by atoms with E-state index in [9.17, 15) is 9.59 Å². The first-order valence-electron chi connectivity index (χ1n) is 12.2. The molecule has 0 aliphatic carbocycles. The minimum absolute atomic E-state index is 0.0719. The lowest BCUT2D eigenvalue weighted by Gasteiger charge is -2.23. The molecule has 0 spiro atoms. The van der Waals surface area contributed by atoms with Crippen molar-refractivity contribution >= 4 is 45.9 Å². The van der Waals surface area contributed by atoms with E-state index in [0.717, 1.165) is 54.7 Å². The van der Waals surface area contributed by atoms with Crippen molar-refractivity contribution in [2.45, 2.75) is 32.9 Å². The highest BCUT2D eigenvalue weighted by molar-refractivity contribution is 8.00. The van der Waals surface area contributed by atoms with Crippen LogP contribution in [0.15, 0.2) is 53.9 Å². The molecule has 2 amide bonds. The monoisotopic (exact) mass is 536 g/mol. The van der Waals surface area contributed by atoms with E-state index >= 15 is 0 Å². The summed E-state index contributed by atoms with van der Waals surface area (Å²) in [7, 11) is 2.09. The molecule has 0 unspecified atom stereocenters. The fraction of sp³-hybridized carbons (Fsp3) is 0.296. The largest absolute Gasteiger partial charge is 0.398 e. The standard InChI is InChI=1S/C27H32N6O2S2/c1-3-12-33(26(35)20-9-7-19(8-10-20)22(28)17-36-29)15-18-5-4-6-21(14-18)25(34)31-27-30-23-11-13-32(2)16-24(23)37-27/h4-10,14,17H,3,11-13,15-16,28-29H2,1-2H3,(H,30,31,34)/b22-17-. The number of thiazole rings is 1. The van der Waals surface area contributed by atoms with Crippen molar-refractivity contribution in [3.63, 3.8) is 0 Å². The lowest BCUT2D eigenvalue weighted by Crippen LogP contribution is -2.31. The summed E-state index contributed by atoms with van der Waals surface area (Å²) in [5.74, 6) is -0.274. The summed E-state index contributed by atoms with van der Waals surface area (Å²) in [5.41, 5.74) is 10.4. The Bertz CT molecular complexity index is 1290. The second-order valence-corrected chi connectivity index (χ2v) is 10.6. The summed E-state index contributed by atoms with van der Waals surface area (Å²) >= 11 is 2.58. The van der Waals surface area contributed by atoms with Crippen LogP contribution in [0.3, 0.4) is 0 Å². The van der Waals surface area contributed by atoms with Gasteiger partial charge in [-0.3, -0.25) is 20.0 Å². The number of nitrogens with two attached hydrogens (primary N) is 2. The summed E-state index contributed by atoms with van der Waals surface area (Å²) < 4.78 is 0. The molecule has 5 N–H and O–H groups in total. The molecule has 10 heteroatoms. The number of hydrogen-bond donors (Lipinski definition) is 3. The second kappa shape index (κ2) is 12.4. The van der Waals surface area contributed by atoms with Crippen molar-refractivity contribution in [1.29, 1.82) is 0 Å². The van der Waals surface area contributed by atoms with Gasteiger partial charge in [-0.05, 0) is 48.9 Å². The van der Waals surface area contributed by atoms with Gasteiger partial charge in [-0.1, -0.05) is 43.1 Å². The van der Waals surface area contributed by atoms with Gasteiger partial charge in [-0.2, -0.15) is 0 Å². The second-order valence-electron chi connectivity index (χ2n) is 9.04. The maximum atomic E-state index is 13.3. The number of benzene rings is 2. The minimum atomic E-state index is -0.202. The quantitative estimate of drug-likeness (QED) is 0.349. The van der Waals surface area contributed by atoms with Crippen LogP contribution in [-0.2, 0) is 19.5 Å². The number of nitrogens with one attached hydrogen (secondary N) is 1. The van der Waals surface area contributed by atoms with Crippen LogP contribution in [0.25, 0.3) is 5.70 Å². The average molecular weight is 537 g/mol. The molecule has 0 radical (unpaired) electrons. The van der Waals surface area contributed by atoms with E-state index in [2.05, 4.69) is 22.2 Å². The van der Waals surface area contributed by atoms with Crippen molar-refractivity contribution in [3.05, 3.63) is 86.8 Å². The highest BCUT2D eigenvalue weighted by Crippen LogP contribution is 2.28. The Labute approximate surface area is 225 Å². The molecule has 3 aromatic rings. The lowest BCUT2D eigenvalue weighted by atomic mass is 10.1. The Kier molecular flexibility index (Phi) is 8.99. The molecular formula is C27H32N6O2S2. The SMILES string of the molecule is CCCN(Cc1cccc(C(=O)Nc2nc3c(s2)CN(C)CC3)c1)C(=O)c1ccc(/C(N)=C/SN)cc1. The first-order valence-corrected chi connectivity index (χ1v) is 13.9. The van der Waals surface area contributed by atoms with Gasteiger partial charge >= 0.3 is 0 Å². The molecule has 2 heterocycles. The van der Waals surface area contributed by atoms with Gasteiger partial charge in [-0.25, -0.2) is 4.98 Å². The first-order chi connectivity index (χ1) is 17.9. The van der Waals surface area contributed by atoms with Crippen molar-refractivity contribution in [2.24, 2.45) is 10.9 Å². The minimum Gasteiger partial charge on any atom is -0.398 e. The van der Waals surface area contributed by atoms with Gasteiger partial charge < -0.3 is 15.5 Å². The third-order valence-corrected chi connectivity index (χ3v) is 7.53. The summed E-state index contributed by atoms with van der Waals surface area (Å²) in [4.78, 5) is 36.1. The van der Waals surface area contributed by atoms with Crippen molar-refractivity contribution < 1.29 is 9.59 Å². The van der Waals surface area contributed by atoms with Gasteiger partial charge in [0.2, 0.25) is 0 Å². The van der Waals surface area contributed by atoms with Crippen molar-refractivity contribution in [2.75, 3.05) is 25.5 Å². The Morgan fingerprint density at radius 1 is 1.19 bits per heavy atom. The smallest absolute Gasteiger partial charge is 0.257 e. The number of hydrogen-bond acceptors (Lipinski definition) is 8. The zero-order chi connectivity index (χ0) is 26.4. The summed E-state index contributed by atoms with van der Waals surface area (Å²) in [6, 6.07) is 14.6. The molecule has 0 fully saturated rings. The predicted molar refractivity (Wildman–Crippen MR) is 152 cm³/mol. The molecule has 0 saturated carbocycles. The van der Waals surface area contributed by atoms with E-state index in [1.165, 1.54) is 16.2 Å². The van der Waals surface area contributed by atoms with Crippen LogP contribution < -0.4 is 16.2 Å². The molecule has 0 bridgehead atoms. The number of likely N-dealkylation sites (N-methyl/N-ethyl adjacent to an activating group) is 1. The van der Waals surface area contributed by atoms with E-state index in [0.29, 0.717) is 35.0 Å². The van der Waals surface area contributed by atoms with Crippen LogP contribution in [0.4, 0.5) is 5.13 Å². The number of fused-ring (bicyclic) bond motifs is 1. The zero-order valence-electron chi connectivity index (χ0n) is 21.1. The van der Waals surface area contributed by atoms with Crippen LogP contribution >= 0.6 is 23.3 Å². The molecule has 37 heavy (non-hydrogen) atoms. The molecule has 1 aromatic heterocycles. The number of anilines is 1. The van der Waals surface area contributed by atoms with Crippen LogP contribution in [0.1, 0.15) is 55.8 Å². The molecule has 4 rings (SSSR count). The normalized spacial score (nSPS) is 13.8. The molecule has 194 valence electrons. The lowest BCUT2D eigenvalue weighted by molar-refractivity contribution is 0.0743. The molecule has 2 aromatic carbocycles. The van der Waals surface area contributed by atoms with E-state index in [1.54, 1.807) is 28.5 Å². The van der Waals surface area contributed by atoms with Gasteiger partial charge in [-0.15, -0.1) is 11.3 Å². The summed E-state index contributed by atoms with van der Waals surface area (Å²) in [6.07, 6.45) is 1.71. The Balaban J connectivity index is 1.45. The van der Waals surface area contributed by atoms with Crippen LogP contribution in [-0.4, -0.2) is 46.7 Å². The molecule has 1 aliphatic heterocycles. The number of carbonyl (C=O) groups excluding carboxylic acids is 2. The van der Waals surface area contributed by atoms with Gasteiger partial charge in [0.25, 0.3) is 11.8 Å². The molecule has 8 nitrogen and oxygen atoms in total. The number of rotatable bonds is 9. The Morgan fingerprint density at radius 2 is 1.95 bits per heavy atom. The number of carbonyl (C=O) groups is 2. The van der Waals surface area contributed by atoms with Crippen LogP contribution in [0.2, 0.25) is 0 Å². The van der Waals surface area contributed by atoms with E-state index in [1.807, 2.05) is 37.3 Å². The zero-order valence-corrected chi connectivity index (χ0v) is 22.7.